The third kappa shape index (κ3) is 2.84. The first-order chi connectivity index (χ1) is 8.70. The normalized spacial score (nSPS) is 10.4. The Labute approximate surface area is 104 Å². The Kier molecular flexibility index (Phi) is 3.89. The standard InChI is InChI=1S/C14H13F2NO/c15-11-4-1-3-10(7-11)9-18-14-6-2-5-13(16)12(14)8-17/h1-7H,8-9,17H2. The van der Waals surface area contributed by atoms with E-state index in [0.29, 0.717) is 16.9 Å². The zero-order chi connectivity index (χ0) is 13.0. The molecule has 94 valence electrons. The van der Waals surface area contributed by atoms with Crippen LogP contribution in [-0.4, -0.2) is 0 Å². The lowest BCUT2D eigenvalue weighted by molar-refractivity contribution is 0.300. The molecule has 0 saturated carbocycles. The second-order valence-corrected chi connectivity index (χ2v) is 3.84. The summed E-state index contributed by atoms with van der Waals surface area (Å²) in [6.45, 7) is 0.235. The van der Waals surface area contributed by atoms with Crippen LogP contribution >= 0.6 is 0 Å². The fourth-order valence-electron chi connectivity index (χ4n) is 1.66. The molecule has 2 aromatic carbocycles. The third-order valence-corrected chi connectivity index (χ3v) is 2.56. The minimum Gasteiger partial charge on any atom is -0.488 e. The predicted octanol–water partition coefficient (Wildman–Crippen LogP) is 3.00. The van der Waals surface area contributed by atoms with Crippen LogP contribution in [0, 0.1) is 11.6 Å². The van der Waals surface area contributed by atoms with E-state index in [1.165, 1.54) is 18.2 Å². The first kappa shape index (κ1) is 12.5. The Morgan fingerprint density at radius 1 is 1.06 bits per heavy atom. The van der Waals surface area contributed by atoms with Crippen LogP contribution in [0.4, 0.5) is 8.78 Å². The molecule has 2 N–H and O–H groups in total. The topological polar surface area (TPSA) is 35.2 Å². The highest BCUT2D eigenvalue weighted by Gasteiger charge is 2.07. The van der Waals surface area contributed by atoms with Gasteiger partial charge in [-0.05, 0) is 29.8 Å². The van der Waals surface area contributed by atoms with Gasteiger partial charge >= 0.3 is 0 Å². The van der Waals surface area contributed by atoms with Crippen molar-refractivity contribution in [3.8, 4) is 5.75 Å². The molecule has 0 spiro atoms. The summed E-state index contributed by atoms with van der Waals surface area (Å²) in [5.74, 6) is -0.328. The van der Waals surface area contributed by atoms with E-state index >= 15 is 0 Å². The van der Waals surface area contributed by atoms with Crippen molar-refractivity contribution in [1.82, 2.24) is 0 Å². The van der Waals surface area contributed by atoms with Gasteiger partial charge in [0, 0.05) is 12.1 Å². The molecular weight excluding hydrogens is 236 g/mol. The first-order valence-electron chi connectivity index (χ1n) is 5.55. The van der Waals surface area contributed by atoms with Crippen LogP contribution in [0.5, 0.6) is 5.75 Å². The maximum atomic E-state index is 13.4. The van der Waals surface area contributed by atoms with Crippen molar-refractivity contribution in [1.29, 1.82) is 0 Å². The van der Waals surface area contributed by atoms with E-state index in [1.54, 1.807) is 24.3 Å². The molecule has 2 rings (SSSR count). The van der Waals surface area contributed by atoms with Crippen LogP contribution in [-0.2, 0) is 13.2 Å². The Hall–Kier alpha value is -1.94. The molecular formula is C14H13F2NO. The van der Waals surface area contributed by atoms with Gasteiger partial charge in [-0.15, -0.1) is 0 Å². The summed E-state index contributed by atoms with van der Waals surface area (Å²) in [5.41, 5.74) is 6.47. The van der Waals surface area contributed by atoms with E-state index in [0.717, 1.165) is 0 Å². The fourth-order valence-corrected chi connectivity index (χ4v) is 1.66. The number of rotatable bonds is 4. The molecule has 0 aliphatic rings. The quantitative estimate of drug-likeness (QED) is 0.904. The smallest absolute Gasteiger partial charge is 0.131 e. The number of nitrogens with two attached hydrogens (primary N) is 1. The van der Waals surface area contributed by atoms with Crippen molar-refractivity contribution in [2.24, 2.45) is 5.73 Å². The number of halogens is 2. The number of hydrogen-bond donors (Lipinski definition) is 1. The highest BCUT2D eigenvalue weighted by Crippen LogP contribution is 2.22. The maximum Gasteiger partial charge on any atom is 0.131 e. The molecule has 0 aromatic heterocycles. The van der Waals surface area contributed by atoms with Gasteiger partial charge in [-0.1, -0.05) is 18.2 Å². The summed E-state index contributed by atoms with van der Waals surface area (Å²) in [4.78, 5) is 0. The molecule has 0 bridgehead atoms. The molecule has 0 radical (unpaired) electrons. The molecule has 0 heterocycles. The number of hydrogen-bond acceptors (Lipinski definition) is 2. The minimum atomic E-state index is -0.394. The largest absolute Gasteiger partial charge is 0.488 e. The number of benzene rings is 2. The van der Waals surface area contributed by atoms with Crippen LogP contribution < -0.4 is 10.5 Å². The summed E-state index contributed by atoms with van der Waals surface area (Å²) in [5, 5.41) is 0. The lowest BCUT2D eigenvalue weighted by Crippen LogP contribution is -2.05. The van der Waals surface area contributed by atoms with E-state index in [2.05, 4.69) is 0 Å². The number of ether oxygens (including phenoxy) is 1. The monoisotopic (exact) mass is 249 g/mol. The van der Waals surface area contributed by atoms with Gasteiger partial charge < -0.3 is 10.5 Å². The molecule has 0 unspecified atom stereocenters. The highest BCUT2D eigenvalue weighted by atomic mass is 19.1. The third-order valence-electron chi connectivity index (χ3n) is 2.56. The van der Waals surface area contributed by atoms with E-state index in [4.69, 9.17) is 10.5 Å². The Bertz CT molecular complexity index is 543. The average molecular weight is 249 g/mol. The van der Waals surface area contributed by atoms with E-state index < -0.39 is 5.82 Å². The van der Waals surface area contributed by atoms with Crippen molar-refractivity contribution in [2.75, 3.05) is 0 Å². The lowest BCUT2D eigenvalue weighted by Gasteiger charge is -2.11. The van der Waals surface area contributed by atoms with Gasteiger partial charge in [0.15, 0.2) is 0 Å². The van der Waals surface area contributed by atoms with E-state index in [-0.39, 0.29) is 19.0 Å². The van der Waals surface area contributed by atoms with Gasteiger partial charge in [-0.2, -0.15) is 0 Å². The maximum absolute atomic E-state index is 13.4. The van der Waals surface area contributed by atoms with Crippen molar-refractivity contribution < 1.29 is 13.5 Å². The second-order valence-electron chi connectivity index (χ2n) is 3.84. The van der Waals surface area contributed by atoms with Gasteiger partial charge in [-0.3, -0.25) is 0 Å². The molecule has 4 heteroatoms. The molecule has 0 fully saturated rings. The predicted molar refractivity (Wildman–Crippen MR) is 65.0 cm³/mol. The van der Waals surface area contributed by atoms with Gasteiger partial charge in [-0.25, -0.2) is 8.78 Å². The van der Waals surface area contributed by atoms with Gasteiger partial charge in [0.25, 0.3) is 0 Å². The van der Waals surface area contributed by atoms with E-state index in [9.17, 15) is 8.78 Å². The lowest BCUT2D eigenvalue weighted by atomic mass is 10.2. The van der Waals surface area contributed by atoms with Gasteiger partial charge in [0.1, 0.15) is 24.0 Å². The molecule has 0 atom stereocenters. The zero-order valence-electron chi connectivity index (χ0n) is 9.70. The van der Waals surface area contributed by atoms with Crippen molar-refractivity contribution in [3.05, 3.63) is 65.2 Å². The van der Waals surface area contributed by atoms with Crippen LogP contribution in [0.15, 0.2) is 42.5 Å². The summed E-state index contributed by atoms with van der Waals surface area (Å²) in [6, 6.07) is 10.6. The first-order valence-corrected chi connectivity index (χ1v) is 5.55. The van der Waals surface area contributed by atoms with Crippen LogP contribution in [0.1, 0.15) is 11.1 Å². The summed E-state index contributed by atoms with van der Waals surface area (Å²) >= 11 is 0. The second kappa shape index (κ2) is 5.60. The molecule has 2 nitrogen and oxygen atoms in total. The Balaban J connectivity index is 2.13. The summed E-state index contributed by atoms with van der Waals surface area (Å²) in [6.07, 6.45) is 0. The Morgan fingerprint density at radius 2 is 1.83 bits per heavy atom. The summed E-state index contributed by atoms with van der Waals surface area (Å²) < 4.78 is 31.9. The van der Waals surface area contributed by atoms with Crippen LogP contribution in [0.25, 0.3) is 0 Å². The highest BCUT2D eigenvalue weighted by molar-refractivity contribution is 5.34. The molecule has 18 heavy (non-hydrogen) atoms. The SMILES string of the molecule is NCc1c(F)cccc1OCc1cccc(F)c1. The summed E-state index contributed by atoms with van der Waals surface area (Å²) in [7, 11) is 0. The minimum absolute atomic E-state index is 0.0607. The Morgan fingerprint density at radius 3 is 2.56 bits per heavy atom. The van der Waals surface area contributed by atoms with Crippen molar-refractivity contribution in [3.63, 3.8) is 0 Å². The molecule has 0 saturated heterocycles. The van der Waals surface area contributed by atoms with Gasteiger partial charge in [0.2, 0.25) is 0 Å². The zero-order valence-corrected chi connectivity index (χ0v) is 9.70. The van der Waals surface area contributed by atoms with E-state index in [1.807, 2.05) is 0 Å². The van der Waals surface area contributed by atoms with Crippen LogP contribution in [0.3, 0.4) is 0 Å². The molecule has 0 aliphatic carbocycles. The fraction of sp³-hybridized carbons (Fsp3) is 0.143. The average Bonchev–Trinajstić information content (AvgIpc) is 2.36. The van der Waals surface area contributed by atoms with Crippen molar-refractivity contribution >= 4 is 0 Å². The molecule has 0 aliphatic heterocycles. The van der Waals surface area contributed by atoms with Crippen molar-refractivity contribution in [2.45, 2.75) is 13.2 Å². The molecule has 2 aromatic rings. The van der Waals surface area contributed by atoms with Gasteiger partial charge in [0.05, 0.1) is 0 Å². The molecule has 0 amide bonds. The van der Waals surface area contributed by atoms with Crippen LogP contribution in [0.2, 0.25) is 0 Å².